The fourth-order valence-electron chi connectivity index (χ4n) is 8.50. The van der Waals surface area contributed by atoms with Crippen molar-refractivity contribution in [3.8, 4) is 0 Å². The van der Waals surface area contributed by atoms with E-state index < -0.39 is 20.2 Å². The maximum Gasteiger partial charge on any atom is 0.264 e. The largest absolute Gasteiger partial charge is 0.364 e. The van der Waals surface area contributed by atoms with Gasteiger partial charge in [0.2, 0.25) is 0 Å². The average Bonchev–Trinajstić information content (AvgIpc) is 3.48. The zero-order valence-corrected chi connectivity index (χ0v) is 33.7. The fraction of sp³-hybridized carbons (Fsp3) is 0.333. The molecule has 0 saturated heterocycles. The van der Waals surface area contributed by atoms with Crippen LogP contribution in [0.2, 0.25) is 0 Å². The lowest BCUT2D eigenvalue weighted by atomic mass is 9.78. The molecule has 1 unspecified atom stereocenters. The van der Waals surface area contributed by atoms with E-state index in [1.807, 2.05) is 42.5 Å². The van der Waals surface area contributed by atoms with Gasteiger partial charge in [-0.25, -0.2) is 0 Å². The minimum atomic E-state index is -4.00. The maximum absolute atomic E-state index is 11.4. The second-order valence-corrected chi connectivity index (χ2v) is 18.7. The molecule has 0 bridgehead atoms. The van der Waals surface area contributed by atoms with Crippen LogP contribution in [0.15, 0.2) is 133 Å². The Labute approximate surface area is 326 Å². The minimum Gasteiger partial charge on any atom is -0.364 e. The quantitative estimate of drug-likeness (QED) is 0.0697. The first-order valence-corrected chi connectivity index (χ1v) is 22.2. The van der Waals surface area contributed by atoms with E-state index in [2.05, 4.69) is 122 Å². The highest BCUT2D eigenvalue weighted by Crippen LogP contribution is 2.51. The summed E-state index contributed by atoms with van der Waals surface area (Å²) in [7, 11) is -8.00. The van der Waals surface area contributed by atoms with E-state index in [1.54, 1.807) is 0 Å². The predicted octanol–water partition coefficient (Wildman–Crippen LogP) is 9.70. The van der Waals surface area contributed by atoms with Crippen LogP contribution >= 0.6 is 0 Å². The first kappa shape index (κ1) is 40.2. The minimum absolute atomic E-state index is 0.0474. The number of fused-ring (bicyclic) bond motifs is 6. The molecule has 290 valence electrons. The Hall–Kier alpha value is -4.48. The number of allylic oxidation sites excluding steroid dienone is 9. The number of nitrogens with zero attached hydrogens (tertiary/aromatic N) is 2. The summed E-state index contributed by atoms with van der Waals surface area (Å²) in [4.78, 5) is 4.65. The van der Waals surface area contributed by atoms with Gasteiger partial charge in [-0.15, -0.1) is 0 Å². The smallest absolute Gasteiger partial charge is 0.264 e. The van der Waals surface area contributed by atoms with Crippen molar-refractivity contribution in [2.45, 2.75) is 70.3 Å². The Kier molecular flexibility index (Phi) is 11.9. The van der Waals surface area contributed by atoms with Gasteiger partial charge in [-0.1, -0.05) is 137 Å². The summed E-state index contributed by atoms with van der Waals surface area (Å²) < 4.78 is 64.0. The molecule has 0 amide bonds. The first-order chi connectivity index (χ1) is 26.1. The number of hydrogen-bond acceptors (Lipinski definition) is 6. The molecule has 4 aromatic rings. The van der Waals surface area contributed by atoms with Gasteiger partial charge in [0.05, 0.1) is 17.5 Å². The monoisotopic (exact) mass is 780 g/mol. The van der Waals surface area contributed by atoms with E-state index in [0.29, 0.717) is 38.8 Å². The SMILES string of the molecule is CC1(C)\C(=C/C=C/C=C/C=C/C=C/C2N(CCCCS(=O)(=O)O)c3ccc4ccccc4c3C2(C)C)N(CCCCS(=O)(=O)O)c2ccc3ccccc3c21. The van der Waals surface area contributed by atoms with Crippen molar-refractivity contribution in [3.05, 3.63) is 144 Å². The summed E-state index contributed by atoms with van der Waals surface area (Å²) in [5.41, 5.74) is 5.46. The lowest BCUT2D eigenvalue weighted by Gasteiger charge is -2.32. The second kappa shape index (κ2) is 16.3. The summed E-state index contributed by atoms with van der Waals surface area (Å²) in [6.45, 7) is 10.3. The second-order valence-electron chi connectivity index (χ2n) is 15.6. The van der Waals surface area contributed by atoms with Gasteiger partial charge in [0.25, 0.3) is 20.2 Å². The normalized spacial score (nSPS) is 19.0. The molecule has 8 nitrogen and oxygen atoms in total. The Bertz CT molecular complexity index is 2420. The number of unbranched alkanes of at least 4 members (excludes halogenated alkanes) is 2. The molecule has 2 heterocycles. The Balaban J connectivity index is 1.17. The first-order valence-electron chi connectivity index (χ1n) is 19.0. The van der Waals surface area contributed by atoms with Gasteiger partial charge in [-0.05, 0) is 76.6 Å². The van der Waals surface area contributed by atoms with Crippen LogP contribution in [0.4, 0.5) is 11.4 Å². The lowest BCUT2D eigenvalue weighted by Crippen LogP contribution is -2.40. The summed E-state index contributed by atoms with van der Waals surface area (Å²) in [6.07, 6.45) is 20.5. The van der Waals surface area contributed by atoms with Gasteiger partial charge < -0.3 is 9.80 Å². The highest BCUT2D eigenvalue weighted by molar-refractivity contribution is 7.86. The van der Waals surface area contributed by atoms with Crippen LogP contribution in [0.1, 0.15) is 64.5 Å². The number of benzene rings is 4. The van der Waals surface area contributed by atoms with Crippen molar-refractivity contribution >= 4 is 53.2 Å². The van der Waals surface area contributed by atoms with Gasteiger partial charge in [0.15, 0.2) is 0 Å². The molecule has 0 aromatic heterocycles. The van der Waals surface area contributed by atoms with Crippen molar-refractivity contribution in [1.82, 2.24) is 0 Å². The molecule has 2 N–H and O–H groups in total. The molecule has 2 aliphatic heterocycles. The van der Waals surface area contributed by atoms with Gasteiger partial charge in [-0.2, -0.15) is 16.8 Å². The molecule has 0 radical (unpaired) electrons. The molecule has 2 aliphatic rings. The zero-order valence-electron chi connectivity index (χ0n) is 32.1. The van der Waals surface area contributed by atoms with Crippen LogP contribution in [0.25, 0.3) is 21.5 Å². The third-order valence-electron chi connectivity index (χ3n) is 11.0. The number of anilines is 2. The van der Waals surface area contributed by atoms with E-state index >= 15 is 0 Å². The number of hydrogen-bond donors (Lipinski definition) is 2. The zero-order chi connectivity index (χ0) is 39.4. The van der Waals surface area contributed by atoms with Gasteiger partial charge in [-0.3, -0.25) is 9.11 Å². The Morgan fingerprint density at radius 3 is 1.71 bits per heavy atom. The summed E-state index contributed by atoms with van der Waals surface area (Å²) in [5.74, 6) is -0.487. The van der Waals surface area contributed by atoms with Crippen molar-refractivity contribution in [1.29, 1.82) is 0 Å². The van der Waals surface area contributed by atoms with Crippen molar-refractivity contribution < 1.29 is 25.9 Å². The number of rotatable bonds is 15. The standard InChI is InChI=1S/C45H52N2O6S2/c1-44(2)40(46(30-16-18-32-54(48,49)50)38-28-26-34-20-12-14-22-36(34)42(38)44)24-10-8-6-5-7-9-11-25-41-45(3,4)43-37-23-15-13-21-35(37)27-29-39(43)47(41)31-17-19-33-55(51,52)53/h5-15,20-29,40H,16-19,30-33H2,1-4H3,(H,48,49,50)(H,51,52,53)/b7-5+,8-6+,11-9+,24-10+,41-25+. The summed E-state index contributed by atoms with van der Waals surface area (Å²) in [6, 6.07) is 25.5. The molecular formula is C45H52N2O6S2. The highest BCUT2D eigenvalue weighted by Gasteiger charge is 2.44. The van der Waals surface area contributed by atoms with E-state index in [4.69, 9.17) is 0 Å². The molecule has 0 fully saturated rings. The topological polar surface area (TPSA) is 115 Å². The third kappa shape index (κ3) is 8.99. The van der Waals surface area contributed by atoms with Crippen molar-refractivity contribution in [2.75, 3.05) is 34.4 Å². The van der Waals surface area contributed by atoms with Gasteiger partial charge in [0.1, 0.15) is 0 Å². The van der Waals surface area contributed by atoms with E-state index in [9.17, 15) is 25.9 Å². The van der Waals surface area contributed by atoms with Crippen LogP contribution in [-0.2, 0) is 31.1 Å². The molecule has 1 atom stereocenters. The Morgan fingerprint density at radius 1 is 0.600 bits per heavy atom. The van der Waals surface area contributed by atoms with Crippen LogP contribution in [0.3, 0.4) is 0 Å². The third-order valence-corrected chi connectivity index (χ3v) is 12.6. The van der Waals surface area contributed by atoms with Crippen LogP contribution in [-0.4, -0.2) is 56.6 Å². The maximum atomic E-state index is 11.4. The molecule has 4 aromatic carbocycles. The van der Waals surface area contributed by atoms with Crippen LogP contribution < -0.4 is 9.80 Å². The molecule has 0 aliphatic carbocycles. The molecule has 10 heteroatoms. The van der Waals surface area contributed by atoms with Gasteiger partial charge >= 0.3 is 0 Å². The van der Waals surface area contributed by atoms with Crippen molar-refractivity contribution in [3.63, 3.8) is 0 Å². The average molecular weight is 781 g/mol. The van der Waals surface area contributed by atoms with E-state index in [1.165, 1.54) is 32.7 Å². The van der Waals surface area contributed by atoms with Crippen LogP contribution in [0, 0.1) is 0 Å². The molecule has 6 rings (SSSR count). The highest BCUT2D eigenvalue weighted by atomic mass is 32.2. The van der Waals surface area contributed by atoms with E-state index in [0.717, 1.165) is 17.1 Å². The van der Waals surface area contributed by atoms with Crippen LogP contribution in [0.5, 0.6) is 0 Å². The fourth-order valence-corrected chi connectivity index (χ4v) is 9.64. The summed E-state index contributed by atoms with van der Waals surface area (Å²) >= 11 is 0. The lowest BCUT2D eigenvalue weighted by molar-refractivity contribution is 0.468. The molecule has 0 spiro atoms. The molecule has 55 heavy (non-hydrogen) atoms. The summed E-state index contributed by atoms with van der Waals surface area (Å²) in [5, 5.41) is 4.80. The molecular weight excluding hydrogens is 729 g/mol. The predicted molar refractivity (Wildman–Crippen MR) is 228 cm³/mol. The van der Waals surface area contributed by atoms with Gasteiger partial charge in [0, 0.05) is 41.0 Å². The molecule has 0 saturated carbocycles. The Morgan fingerprint density at radius 2 is 1.11 bits per heavy atom. The van der Waals surface area contributed by atoms with Crippen molar-refractivity contribution in [2.24, 2.45) is 0 Å². The van der Waals surface area contributed by atoms with E-state index in [-0.39, 0.29) is 28.4 Å².